The van der Waals surface area contributed by atoms with Gasteiger partial charge in [0, 0.05) is 35.8 Å². The van der Waals surface area contributed by atoms with E-state index in [1.807, 2.05) is 23.6 Å². The van der Waals surface area contributed by atoms with Crippen molar-refractivity contribution in [3.8, 4) is 0 Å². The molecule has 0 fully saturated rings. The first-order chi connectivity index (χ1) is 11.8. The molecule has 0 aliphatic carbocycles. The summed E-state index contributed by atoms with van der Waals surface area (Å²) in [5.41, 5.74) is 2.10. The fraction of sp³-hybridized carbons (Fsp3) is 0.211. The second-order valence-electron chi connectivity index (χ2n) is 5.56. The highest BCUT2D eigenvalue weighted by molar-refractivity contribution is 7.11. The normalized spacial score (nSPS) is 11.4. The van der Waals surface area contributed by atoms with Crippen LogP contribution in [0.1, 0.15) is 16.9 Å². The van der Waals surface area contributed by atoms with Crippen LogP contribution < -0.4 is 5.32 Å². The minimum Gasteiger partial charge on any atom is -0.392 e. The van der Waals surface area contributed by atoms with Crippen LogP contribution in [0.2, 0.25) is 0 Å². The van der Waals surface area contributed by atoms with Gasteiger partial charge >= 0.3 is 0 Å². The number of fused-ring (bicyclic) bond motifs is 1. The molecule has 0 spiro atoms. The highest BCUT2D eigenvalue weighted by Gasteiger charge is 2.01. The molecule has 2 heterocycles. The van der Waals surface area contributed by atoms with Crippen molar-refractivity contribution in [2.24, 2.45) is 0 Å². The Kier molecular flexibility index (Phi) is 5.46. The number of para-hydroxylation sites is 1. The van der Waals surface area contributed by atoms with E-state index in [1.165, 1.54) is 28.3 Å². The van der Waals surface area contributed by atoms with Gasteiger partial charge in [-0.1, -0.05) is 18.2 Å². The first-order valence-corrected chi connectivity index (χ1v) is 8.82. The summed E-state index contributed by atoms with van der Waals surface area (Å²) >= 11 is 1.51. The predicted molar refractivity (Wildman–Crippen MR) is 98.8 cm³/mol. The molecular weight excluding hydrogens is 320 g/mol. The second-order valence-corrected chi connectivity index (χ2v) is 6.50. The summed E-state index contributed by atoms with van der Waals surface area (Å²) in [7, 11) is 0. The minimum atomic E-state index is -0.0914. The van der Waals surface area contributed by atoms with E-state index < -0.39 is 0 Å². The molecule has 0 aliphatic heterocycles. The van der Waals surface area contributed by atoms with Crippen LogP contribution >= 0.6 is 11.3 Å². The molecule has 3 rings (SSSR count). The van der Waals surface area contributed by atoms with Gasteiger partial charge in [0.15, 0.2) is 0 Å². The number of hydrogen-bond acceptors (Lipinski definition) is 3. The monoisotopic (exact) mass is 340 g/mol. The number of thiophene rings is 1. The summed E-state index contributed by atoms with van der Waals surface area (Å²) in [5.74, 6) is -0.0914. The van der Waals surface area contributed by atoms with Gasteiger partial charge < -0.3 is 15.0 Å². The molecule has 0 aliphatic rings. The highest BCUT2D eigenvalue weighted by atomic mass is 32.1. The largest absolute Gasteiger partial charge is 0.392 e. The zero-order valence-corrected chi connectivity index (χ0v) is 14.1. The molecule has 5 heteroatoms. The number of amides is 1. The lowest BCUT2D eigenvalue weighted by Gasteiger charge is -2.06. The number of rotatable bonds is 7. The summed E-state index contributed by atoms with van der Waals surface area (Å²) in [4.78, 5) is 12.8. The number of carbonyl (C=O) groups is 1. The summed E-state index contributed by atoms with van der Waals surface area (Å²) in [5, 5.41) is 15.0. The Bertz CT molecular complexity index is 848. The van der Waals surface area contributed by atoms with Gasteiger partial charge in [-0.3, -0.25) is 4.79 Å². The Labute approximate surface area is 145 Å². The number of carbonyl (C=O) groups excluding carboxylic acids is 1. The molecule has 124 valence electrons. The van der Waals surface area contributed by atoms with Crippen LogP contribution in [0, 0.1) is 0 Å². The minimum absolute atomic E-state index is 0.0324. The lowest BCUT2D eigenvalue weighted by Crippen LogP contribution is -2.23. The van der Waals surface area contributed by atoms with Crippen molar-refractivity contribution in [2.75, 3.05) is 6.54 Å². The fourth-order valence-electron chi connectivity index (χ4n) is 2.58. The Balaban J connectivity index is 1.43. The third kappa shape index (κ3) is 4.13. The van der Waals surface area contributed by atoms with Crippen LogP contribution in [0.5, 0.6) is 0 Å². The van der Waals surface area contributed by atoms with Crippen LogP contribution in [0.25, 0.3) is 17.0 Å². The van der Waals surface area contributed by atoms with Crippen molar-refractivity contribution >= 4 is 34.2 Å². The Hall–Kier alpha value is -2.37. The summed E-state index contributed by atoms with van der Waals surface area (Å²) in [6.45, 7) is 1.55. The van der Waals surface area contributed by atoms with E-state index >= 15 is 0 Å². The molecule has 0 saturated heterocycles. The highest BCUT2D eigenvalue weighted by Crippen LogP contribution is 2.16. The molecule has 2 aromatic heterocycles. The predicted octanol–water partition coefficient (Wildman–Crippen LogP) is 3.41. The molecule has 0 bridgehead atoms. The maximum atomic E-state index is 11.8. The summed E-state index contributed by atoms with van der Waals surface area (Å²) in [6, 6.07) is 12.3. The summed E-state index contributed by atoms with van der Waals surface area (Å²) in [6.07, 6.45) is 6.28. The van der Waals surface area contributed by atoms with Gasteiger partial charge in [0.05, 0.1) is 6.61 Å². The van der Waals surface area contributed by atoms with Crippen LogP contribution in [-0.2, 0) is 17.9 Å². The van der Waals surface area contributed by atoms with E-state index in [1.54, 1.807) is 6.08 Å². The lowest BCUT2D eigenvalue weighted by molar-refractivity contribution is -0.116. The smallest absolute Gasteiger partial charge is 0.244 e. The number of aryl methyl sites for hydroxylation is 1. The van der Waals surface area contributed by atoms with Gasteiger partial charge in [0.25, 0.3) is 0 Å². The SMILES string of the molecule is O=C(C=Cc1cc(CO)cs1)NCCCn1ccc2ccccc21. The van der Waals surface area contributed by atoms with E-state index in [4.69, 9.17) is 5.11 Å². The van der Waals surface area contributed by atoms with Crippen LogP contribution in [0.3, 0.4) is 0 Å². The maximum absolute atomic E-state index is 11.8. The van der Waals surface area contributed by atoms with Crippen molar-refractivity contribution in [3.05, 3.63) is 64.5 Å². The van der Waals surface area contributed by atoms with E-state index in [0.717, 1.165) is 23.4 Å². The molecule has 0 radical (unpaired) electrons. The van der Waals surface area contributed by atoms with Gasteiger partial charge in [-0.05, 0) is 47.0 Å². The average Bonchev–Trinajstić information content (AvgIpc) is 3.24. The van der Waals surface area contributed by atoms with Crippen LogP contribution in [0.15, 0.2) is 54.1 Å². The molecule has 0 atom stereocenters. The first kappa shape index (κ1) is 16.5. The van der Waals surface area contributed by atoms with Crippen LogP contribution in [-0.4, -0.2) is 22.1 Å². The molecule has 0 unspecified atom stereocenters. The maximum Gasteiger partial charge on any atom is 0.244 e. The van der Waals surface area contributed by atoms with E-state index in [0.29, 0.717) is 6.54 Å². The van der Waals surface area contributed by atoms with Gasteiger partial charge in [0.1, 0.15) is 0 Å². The molecule has 1 aromatic carbocycles. The molecule has 4 nitrogen and oxygen atoms in total. The van der Waals surface area contributed by atoms with E-state index in [-0.39, 0.29) is 12.5 Å². The van der Waals surface area contributed by atoms with Crippen molar-refractivity contribution in [2.45, 2.75) is 19.6 Å². The van der Waals surface area contributed by atoms with Crippen molar-refractivity contribution in [3.63, 3.8) is 0 Å². The summed E-state index contributed by atoms with van der Waals surface area (Å²) < 4.78 is 2.21. The number of aromatic nitrogens is 1. The number of aliphatic hydroxyl groups is 1. The third-order valence-corrected chi connectivity index (χ3v) is 4.76. The zero-order valence-electron chi connectivity index (χ0n) is 13.3. The number of nitrogens with zero attached hydrogens (tertiary/aromatic N) is 1. The van der Waals surface area contributed by atoms with Crippen molar-refractivity contribution in [1.82, 2.24) is 9.88 Å². The van der Waals surface area contributed by atoms with Crippen molar-refractivity contribution in [1.29, 1.82) is 0 Å². The Morgan fingerprint density at radius 3 is 3.00 bits per heavy atom. The molecule has 3 aromatic rings. The fourth-order valence-corrected chi connectivity index (χ4v) is 3.37. The topological polar surface area (TPSA) is 54.3 Å². The van der Waals surface area contributed by atoms with Gasteiger partial charge in [-0.15, -0.1) is 11.3 Å². The van der Waals surface area contributed by atoms with Gasteiger partial charge in [0.2, 0.25) is 5.91 Å². The van der Waals surface area contributed by atoms with Crippen molar-refractivity contribution < 1.29 is 9.90 Å². The number of benzene rings is 1. The number of hydrogen-bond donors (Lipinski definition) is 2. The lowest BCUT2D eigenvalue weighted by atomic mass is 10.2. The number of aliphatic hydroxyl groups excluding tert-OH is 1. The standard InChI is InChI=1S/C19H20N2O2S/c22-13-15-12-17(24-14-15)6-7-19(23)20-9-3-10-21-11-8-16-4-1-2-5-18(16)21/h1-2,4-8,11-12,14,22H,3,9-10,13H2,(H,20,23). The Morgan fingerprint density at radius 1 is 1.29 bits per heavy atom. The van der Waals surface area contributed by atoms with E-state index in [9.17, 15) is 4.79 Å². The van der Waals surface area contributed by atoms with Crippen LogP contribution in [0.4, 0.5) is 0 Å². The molecule has 24 heavy (non-hydrogen) atoms. The third-order valence-electron chi connectivity index (χ3n) is 3.81. The average molecular weight is 340 g/mol. The second kappa shape index (κ2) is 7.95. The Morgan fingerprint density at radius 2 is 2.17 bits per heavy atom. The zero-order chi connectivity index (χ0) is 16.8. The number of nitrogens with one attached hydrogen (secondary N) is 1. The quantitative estimate of drug-likeness (QED) is 0.511. The molecular formula is C19H20N2O2S. The molecule has 1 amide bonds. The van der Waals surface area contributed by atoms with Gasteiger partial charge in [-0.2, -0.15) is 0 Å². The van der Waals surface area contributed by atoms with E-state index in [2.05, 4.69) is 34.3 Å². The first-order valence-electron chi connectivity index (χ1n) is 7.94. The van der Waals surface area contributed by atoms with Gasteiger partial charge in [-0.25, -0.2) is 0 Å². The molecule has 0 saturated carbocycles. The molecule has 2 N–H and O–H groups in total.